The van der Waals surface area contributed by atoms with Crippen LogP contribution in [-0.4, -0.2) is 67.0 Å². The van der Waals surface area contributed by atoms with Crippen LogP contribution in [0.4, 0.5) is 11.8 Å². The second kappa shape index (κ2) is 7.56. The summed E-state index contributed by atoms with van der Waals surface area (Å²) in [4.78, 5) is 22.7. The van der Waals surface area contributed by atoms with E-state index in [2.05, 4.69) is 25.5 Å². The highest BCUT2D eigenvalue weighted by atomic mass is 16.5. The van der Waals surface area contributed by atoms with Crippen molar-refractivity contribution in [2.45, 2.75) is 18.8 Å². The smallest absolute Gasteiger partial charge is 0.224 e. The number of carbonyl (C=O) groups is 1. The van der Waals surface area contributed by atoms with Crippen LogP contribution in [0.1, 0.15) is 24.5 Å². The minimum absolute atomic E-state index is 0.0254. The standard InChI is InChI=1S/C15H23N5O3/c21-7-4-17-15-18-12(11-2-8-23-10-11)9-13(19-15)20-5-1-14(22)16-3-6-20/h9,11,21H,1-8,10H2,(H,16,22)(H,17,18,19)/t11-/m1/s1. The molecule has 8 heteroatoms. The molecule has 0 spiro atoms. The fraction of sp³-hybridized carbons (Fsp3) is 0.667. The Morgan fingerprint density at radius 2 is 2.35 bits per heavy atom. The Balaban J connectivity index is 1.84. The second-order valence-electron chi connectivity index (χ2n) is 5.77. The number of ether oxygens (including phenoxy) is 1. The molecule has 3 heterocycles. The van der Waals surface area contributed by atoms with Crippen LogP contribution in [0.2, 0.25) is 0 Å². The maximum Gasteiger partial charge on any atom is 0.224 e. The van der Waals surface area contributed by atoms with Crippen LogP contribution in [0.3, 0.4) is 0 Å². The van der Waals surface area contributed by atoms with Crippen molar-refractivity contribution in [1.29, 1.82) is 0 Å². The summed E-state index contributed by atoms with van der Waals surface area (Å²) >= 11 is 0. The van der Waals surface area contributed by atoms with Crippen molar-refractivity contribution in [2.75, 3.05) is 56.2 Å². The average Bonchev–Trinajstić information content (AvgIpc) is 3.02. The molecule has 8 nitrogen and oxygen atoms in total. The zero-order valence-corrected chi connectivity index (χ0v) is 13.1. The molecule has 0 radical (unpaired) electrons. The largest absolute Gasteiger partial charge is 0.395 e. The van der Waals surface area contributed by atoms with Crippen molar-refractivity contribution in [1.82, 2.24) is 15.3 Å². The van der Waals surface area contributed by atoms with Gasteiger partial charge >= 0.3 is 0 Å². The first kappa shape index (κ1) is 15.9. The molecule has 126 valence electrons. The highest BCUT2D eigenvalue weighted by molar-refractivity contribution is 5.77. The molecule has 3 rings (SSSR count). The van der Waals surface area contributed by atoms with Crippen molar-refractivity contribution in [2.24, 2.45) is 0 Å². The third kappa shape index (κ3) is 4.08. The van der Waals surface area contributed by atoms with Crippen LogP contribution in [0.25, 0.3) is 0 Å². The first-order valence-corrected chi connectivity index (χ1v) is 8.09. The van der Waals surface area contributed by atoms with E-state index in [1.807, 2.05) is 6.07 Å². The normalized spacial score (nSPS) is 21.9. The molecule has 2 aliphatic heterocycles. The Morgan fingerprint density at radius 1 is 1.43 bits per heavy atom. The summed E-state index contributed by atoms with van der Waals surface area (Å²) in [7, 11) is 0. The Hall–Kier alpha value is -1.93. The highest BCUT2D eigenvalue weighted by Gasteiger charge is 2.23. The van der Waals surface area contributed by atoms with E-state index in [0.717, 1.165) is 31.1 Å². The zero-order chi connectivity index (χ0) is 16.1. The van der Waals surface area contributed by atoms with E-state index in [4.69, 9.17) is 9.84 Å². The lowest BCUT2D eigenvalue weighted by atomic mass is 10.0. The number of hydrogen-bond acceptors (Lipinski definition) is 7. The van der Waals surface area contributed by atoms with E-state index < -0.39 is 0 Å². The molecule has 2 saturated heterocycles. The van der Waals surface area contributed by atoms with E-state index in [1.165, 1.54) is 0 Å². The Labute approximate surface area is 135 Å². The number of carbonyl (C=O) groups excluding carboxylic acids is 1. The number of nitrogens with one attached hydrogen (secondary N) is 2. The van der Waals surface area contributed by atoms with Gasteiger partial charge in [-0.25, -0.2) is 4.98 Å². The van der Waals surface area contributed by atoms with Crippen LogP contribution >= 0.6 is 0 Å². The molecule has 1 aromatic heterocycles. The van der Waals surface area contributed by atoms with Crippen molar-refractivity contribution in [3.63, 3.8) is 0 Å². The third-order valence-electron chi connectivity index (χ3n) is 4.11. The molecule has 23 heavy (non-hydrogen) atoms. The summed E-state index contributed by atoms with van der Waals surface area (Å²) in [6.07, 6.45) is 1.42. The SMILES string of the molecule is O=C1CCN(c2cc([C@@H]3CCOC3)nc(NCCO)n2)CCN1. The van der Waals surface area contributed by atoms with Gasteiger partial charge in [0.15, 0.2) is 0 Å². The minimum Gasteiger partial charge on any atom is -0.395 e. The summed E-state index contributed by atoms with van der Waals surface area (Å²) in [5, 5.41) is 14.9. The Bertz CT molecular complexity index is 548. The summed E-state index contributed by atoms with van der Waals surface area (Å²) in [5.74, 6) is 1.68. The van der Waals surface area contributed by atoms with E-state index in [-0.39, 0.29) is 18.4 Å². The summed E-state index contributed by atoms with van der Waals surface area (Å²) in [5.41, 5.74) is 0.955. The summed E-state index contributed by atoms with van der Waals surface area (Å²) in [6.45, 7) is 3.85. The molecule has 1 amide bonds. The lowest BCUT2D eigenvalue weighted by molar-refractivity contribution is -0.120. The van der Waals surface area contributed by atoms with E-state index in [1.54, 1.807) is 0 Å². The monoisotopic (exact) mass is 321 g/mol. The number of rotatable bonds is 5. The molecule has 2 aliphatic rings. The number of amides is 1. The molecule has 0 aromatic carbocycles. The summed E-state index contributed by atoms with van der Waals surface area (Å²) in [6, 6.07) is 2.00. The quantitative estimate of drug-likeness (QED) is 0.685. The number of hydrogen-bond donors (Lipinski definition) is 3. The van der Waals surface area contributed by atoms with E-state index in [9.17, 15) is 4.79 Å². The van der Waals surface area contributed by atoms with E-state index in [0.29, 0.717) is 38.6 Å². The van der Waals surface area contributed by atoms with Crippen LogP contribution < -0.4 is 15.5 Å². The number of aliphatic hydroxyl groups excluding tert-OH is 1. The third-order valence-corrected chi connectivity index (χ3v) is 4.11. The summed E-state index contributed by atoms with van der Waals surface area (Å²) < 4.78 is 5.46. The van der Waals surface area contributed by atoms with E-state index >= 15 is 0 Å². The van der Waals surface area contributed by atoms with Crippen molar-refractivity contribution in [3.8, 4) is 0 Å². The number of nitrogens with zero attached hydrogens (tertiary/aromatic N) is 3. The van der Waals surface area contributed by atoms with Gasteiger partial charge in [-0.1, -0.05) is 0 Å². The van der Waals surface area contributed by atoms with Gasteiger partial charge in [-0.2, -0.15) is 4.98 Å². The van der Waals surface area contributed by atoms with Crippen molar-refractivity contribution in [3.05, 3.63) is 11.8 Å². The lowest BCUT2D eigenvalue weighted by Gasteiger charge is -2.22. The molecular weight excluding hydrogens is 298 g/mol. The molecular formula is C15H23N5O3. The predicted molar refractivity (Wildman–Crippen MR) is 85.6 cm³/mol. The predicted octanol–water partition coefficient (Wildman–Crippen LogP) is -0.289. The molecule has 1 aromatic rings. The van der Waals surface area contributed by atoms with Crippen molar-refractivity contribution >= 4 is 17.7 Å². The molecule has 2 fully saturated rings. The Kier molecular flexibility index (Phi) is 5.24. The minimum atomic E-state index is 0.0254. The fourth-order valence-electron chi connectivity index (χ4n) is 2.83. The lowest BCUT2D eigenvalue weighted by Crippen LogP contribution is -2.29. The molecule has 0 saturated carbocycles. The number of aliphatic hydroxyl groups is 1. The van der Waals surface area contributed by atoms with Crippen LogP contribution in [0.5, 0.6) is 0 Å². The van der Waals surface area contributed by atoms with Crippen LogP contribution in [0, 0.1) is 0 Å². The van der Waals surface area contributed by atoms with Crippen molar-refractivity contribution < 1.29 is 14.6 Å². The number of anilines is 2. The first-order valence-electron chi connectivity index (χ1n) is 8.09. The molecule has 1 atom stereocenters. The topological polar surface area (TPSA) is 99.6 Å². The molecule has 0 aliphatic carbocycles. The van der Waals surface area contributed by atoms with Gasteiger partial charge in [-0.3, -0.25) is 4.79 Å². The van der Waals surface area contributed by atoms with Gasteiger partial charge in [0.2, 0.25) is 11.9 Å². The second-order valence-corrected chi connectivity index (χ2v) is 5.77. The van der Waals surface area contributed by atoms with Gasteiger partial charge < -0.3 is 25.4 Å². The maximum absolute atomic E-state index is 11.5. The van der Waals surface area contributed by atoms with Crippen LogP contribution in [-0.2, 0) is 9.53 Å². The molecule has 0 unspecified atom stereocenters. The van der Waals surface area contributed by atoms with Gasteiger partial charge in [-0.05, 0) is 6.42 Å². The highest BCUT2D eigenvalue weighted by Crippen LogP contribution is 2.27. The zero-order valence-electron chi connectivity index (χ0n) is 13.1. The Morgan fingerprint density at radius 3 is 3.13 bits per heavy atom. The van der Waals surface area contributed by atoms with Gasteiger partial charge in [0, 0.05) is 51.2 Å². The van der Waals surface area contributed by atoms with Gasteiger partial charge in [0.25, 0.3) is 0 Å². The number of aromatic nitrogens is 2. The molecule has 3 N–H and O–H groups in total. The average molecular weight is 321 g/mol. The first-order chi connectivity index (χ1) is 11.3. The maximum atomic E-state index is 11.5. The fourth-order valence-corrected chi connectivity index (χ4v) is 2.83. The molecule has 0 bridgehead atoms. The van der Waals surface area contributed by atoms with Gasteiger partial charge in [0.1, 0.15) is 5.82 Å². The van der Waals surface area contributed by atoms with Crippen LogP contribution in [0.15, 0.2) is 6.07 Å². The van der Waals surface area contributed by atoms with Gasteiger partial charge in [-0.15, -0.1) is 0 Å². The van der Waals surface area contributed by atoms with Gasteiger partial charge in [0.05, 0.1) is 18.9 Å².